The summed E-state index contributed by atoms with van der Waals surface area (Å²) in [5.74, 6) is 0.836. The van der Waals surface area contributed by atoms with E-state index >= 15 is 0 Å². The maximum absolute atomic E-state index is 2.66. The van der Waals surface area contributed by atoms with Crippen LogP contribution in [0.2, 0.25) is 0 Å². The fourth-order valence-corrected chi connectivity index (χ4v) is 4.56. The average Bonchev–Trinajstić information content (AvgIpc) is 2.70. The third-order valence-corrected chi connectivity index (χ3v) is 5.92. The van der Waals surface area contributed by atoms with Crippen molar-refractivity contribution in [3.05, 3.63) is 71.8 Å². The van der Waals surface area contributed by atoms with Gasteiger partial charge in [-0.2, -0.15) is 0 Å². The third kappa shape index (κ3) is 4.01. The minimum Gasteiger partial charge on any atom is -0.290 e. The van der Waals surface area contributed by atoms with Crippen LogP contribution in [0.3, 0.4) is 0 Å². The van der Waals surface area contributed by atoms with Gasteiger partial charge in [-0.15, -0.1) is 0 Å². The summed E-state index contributed by atoms with van der Waals surface area (Å²) in [6.07, 6.45) is 2.73. The Morgan fingerprint density at radius 2 is 1.31 bits per heavy atom. The van der Waals surface area contributed by atoms with Crippen LogP contribution in [0.15, 0.2) is 60.7 Å². The second-order valence-corrected chi connectivity index (χ2v) is 7.87. The molecular formula is C23H31N3. The molecule has 2 aromatic rings. The van der Waals surface area contributed by atoms with Crippen LogP contribution in [0.1, 0.15) is 36.9 Å². The van der Waals surface area contributed by atoms with Gasteiger partial charge in [-0.3, -0.25) is 4.90 Å². The fraction of sp³-hybridized carbons (Fsp3) is 0.478. The van der Waals surface area contributed by atoms with E-state index in [-0.39, 0.29) is 0 Å². The summed E-state index contributed by atoms with van der Waals surface area (Å²) in [5, 5.41) is 5.23. The van der Waals surface area contributed by atoms with E-state index in [0.717, 1.165) is 32.1 Å². The number of piperazine rings is 1. The highest BCUT2D eigenvalue weighted by atomic mass is 15.6. The van der Waals surface area contributed by atoms with Crippen molar-refractivity contribution in [2.24, 2.45) is 5.92 Å². The van der Waals surface area contributed by atoms with Gasteiger partial charge in [0.1, 0.15) is 0 Å². The topological polar surface area (TPSA) is 9.72 Å². The number of nitrogens with zero attached hydrogens (tertiary/aromatic N) is 3. The molecule has 0 bridgehead atoms. The van der Waals surface area contributed by atoms with Crippen LogP contribution in [-0.4, -0.2) is 54.2 Å². The molecule has 26 heavy (non-hydrogen) atoms. The molecular weight excluding hydrogens is 318 g/mol. The molecule has 3 heteroatoms. The van der Waals surface area contributed by atoms with Crippen LogP contribution in [-0.2, 0) is 0 Å². The van der Waals surface area contributed by atoms with E-state index in [9.17, 15) is 0 Å². The smallest absolute Gasteiger partial charge is 0.0602 e. The van der Waals surface area contributed by atoms with Crippen molar-refractivity contribution in [3.8, 4) is 0 Å². The number of hydrogen-bond donors (Lipinski definition) is 0. The van der Waals surface area contributed by atoms with Crippen LogP contribution in [0.25, 0.3) is 0 Å². The predicted molar refractivity (Wildman–Crippen MR) is 108 cm³/mol. The Morgan fingerprint density at radius 1 is 0.731 bits per heavy atom. The molecule has 1 unspecified atom stereocenters. The SMILES string of the molecule is CC1CCCN(N2CCN(C(c3ccccc3)c3ccccc3)CC2)C1. The summed E-state index contributed by atoms with van der Waals surface area (Å²) >= 11 is 0. The van der Waals surface area contributed by atoms with Crippen molar-refractivity contribution in [1.82, 2.24) is 14.9 Å². The minimum atomic E-state index is 0.361. The average molecular weight is 350 g/mol. The minimum absolute atomic E-state index is 0.361. The van der Waals surface area contributed by atoms with Gasteiger partial charge in [-0.25, -0.2) is 10.0 Å². The molecule has 2 heterocycles. The largest absolute Gasteiger partial charge is 0.290 e. The first-order valence-electron chi connectivity index (χ1n) is 10.1. The van der Waals surface area contributed by atoms with Gasteiger partial charge in [-0.05, 0) is 29.9 Å². The first kappa shape index (κ1) is 17.7. The number of piperidine rings is 1. The lowest BCUT2D eigenvalue weighted by molar-refractivity contribution is -0.0823. The van der Waals surface area contributed by atoms with E-state index in [1.807, 2.05) is 0 Å². The number of hydrazine groups is 1. The molecule has 1 atom stereocenters. The Hall–Kier alpha value is -1.68. The molecule has 2 aliphatic heterocycles. The maximum atomic E-state index is 2.66. The molecule has 0 spiro atoms. The third-order valence-electron chi connectivity index (χ3n) is 5.92. The monoisotopic (exact) mass is 349 g/mol. The number of hydrogen-bond acceptors (Lipinski definition) is 3. The van der Waals surface area contributed by atoms with Crippen LogP contribution in [0.5, 0.6) is 0 Å². The fourth-order valence-electron chi connectivity index (χ4n) is 4.56. The van der Waals surface area contributed by atoms with Crippen LogP contribution in [0.4, 0.5) is 0 Å². The first-order valence-corrected chi connectivity index (χ1v) is 10.1. The van der Waals surface area contributed by atoms with Crippen molar-refractivity contribution in [2.45, 2.75) is 25.8 Å². The molecule has 2 saturated heterocycles. The summed E-state index contributed by atoms with van der Waals surface area (Å²) in [7, 11) is 0. The van der Waals surface area contributed by atoms with Gasteiger partial charge in [0.05, 0.1) is 6.04 Å². The normalized spacial score (nSPS) is 23.4. The quantitative estimate of drug-likeness (QED) is 0.825. The summed E-state index contributed by atoms with van der Waals surface area (Å²) in [6, 6.07) is 22.3. The van der Waals surface area contributed by atoms with Gasteiger partial charge < -0.3 is 0 Å². The summed E-state index contributed by atoms with van der Waals surface area (Å²) in [4.78, 5) is 2.66. The van der Waals surface area contributed by atoms with Gasteiger partial charge in [-0.1, -0.05) is 67.6 Å². The standard InChI is InChI=1S/C23H31N3/c1-20-9-8-14-26(19-20)25-17-15-24(16-18-25)23(21-10-4-2-5-11-21)22-12-6-3-7-13-22/h2-7,10-13,20,23H,8-9,14-19H2,1H3. The Balaban J connectivity index is 1.48. The second-order valence-electron chi connectivity index (χ2n) is 7.87. The molecule has 0 amide bonds. The zero-order chi connectivity index (χ0) is 17.8. The van der Waals surface area contributed by atoms with E-state index in [4.69, 9.17) is 0 Å². The molecule has 2 aliphatic rings. The van der Waals surface area contributed by atoms with Crippen LogP contribution >= 0.6 is 0 Å². The van der Waals surface area contributed by atoms with E-state index < -0.39 is 0 Å². The summed E-state index contributed by atoms with van der Waals surface area (Å²) in [5.41, 5.74) is 2.80. The molecule has 138 valence electrons. The van der Waals surface area contributed by atoms with Gasteiger partial charge in [0.25, 0.3) is 0 Å². The molecule has 0 saturated carbocycles. The Kier molecular flexibility index (Phi) is 5.68. The maximum Gasteiger partial charge on any atom is 0.0602 e. The van der Waals surface area contributed by atoms with E-state index in [2.05, 4.69) is 82.5 Å². The van der Waals surface area contributed by atoms with E-state index in [1.54, 1.807) is 0 Å². The zero-order valence-electron chi connectivity index (χ0n) is 15.9. The van der Waals surface area contributed by atoms with Crippen molar-refractivity contribution < 1.29 is 0 Å². The number of rotatable bonds is 4. The van der Waals surface area contributed by atoms with E-state index in [0.29, 0.717) is 6.04 Å². The lowest BCUT2D eigenvalue weighted by Gasteiger charge is -2.46. The molecule has 2 aromatic carbocycles. The van der Waals surface area contributed by atoms with Crippen LogP contribution in [0, 0.1) is 5.92 Å². The van der Waals surface area contributed by atoms with Gasteiger partial charge in [0, 0.05) is 39.3 Å². The highest BCUT2D eigenvalue weighted by Gasteiger charge is 2.29. The first-order chi connectivity index (χ1) is 12.8. The van der Waals surface area contributed by atoms with Crippen molar-refractivity contribution in [3.63, 3.8) is 0 Å². The van der Waals surface area contributed by atoms with Gasteiger partial charge in [0.15, 0.2) is 0 Å². The molecule has 4 rings (SSSR count). The molecule has 0 N–H and O–H groups in total. The molecule has 2 fully saturated rings. The molecule has 0 aliphatic carbocycles. The molecule has 0 aromatic heterocycles. The Morgan fingerprint density at radius 3 is 1.85 bits per heavy atom. The molecule has 0 radical (unpaired) electrons. The summed E-state index contributed by atoms with van der Waals surface area (Å²) < 4.78 is 0. The Labute approximate surface area is 158 Å². The van der Waals surface area contributed by atoms with Gasteiger partial charge in [0.2, 0.25) is 0 Å². The molecule has 3 nitrogen and oxygen atoms in total. The van der Waals surface area contributed by atoms with E-state index in [1.165, 1.54) is 37.1 Å². The lowest BCUT2D eigenvalue weighted by Crippen LogP contribution is -2.56. The highest BCUT2D eigenvalue weighted by Crippen LogP contribution is 2.30. The predicted octanol–water partition coefficient (Wildman–Crippen LogP) is 4.04. The lowest BCUT2D eigenvalue weighted by atomic mass is 9.96. The van der Waals surface area contributed by atoms with Crippen molar-refractivity contribution >= 4 is 0 Å². The summed E-state index contributed by atoms with van der Waals surface area (Å²) in [6.45, 7) is 9.40. The Bertz CT molecular complexity index is 625. The number of benzene rings is 2. The van der Waals surface area contributed by atoms with Crippen molar-refractivity contribution in [2.75, 3.05) is 39.3 Å². The van der Waals surface area contributed by atoms with Crippen molar-refractivity contribution in [1.29, 1.82) is 0 Å². The second kappa shape index (κ2) is 8.34. The zero-order valence-corrected chi connectivity index (χ0v) is 15.9. The highest BCUT2D eigenvalue weighted by molar-refractivity contribution is 5.31. The van der Waals surface area contributed by atoms with Crippen LogP contribution < -0.4 is 0 Å². The van der Waals surface area contributed by atoms with Gasteiger partial charge >= 0.3 is 0 Å².